The molecule has 0 radical (unpaired) electrons. The molecule has 7 heteroatoms. The number of aryl methyl sites for hydroxylation is 12. The summed E-state index contributed by atoms with van der Waals surface area (Å²) >= 11 is 4.97. The van der Waals surface area contributed by atoms with Crippen LogP contribution in [-0.2, 0) is 0 Å². The van der Waals surface area contributed by atoms with Gasteiger partial charge in [-0.3, -0.25) is 0 Å². The maximum Gasteiger partial charge on any atom is 0.244 e. The minimum atomic E-state index is 0.0837. The van der Waals surface area contributed by atoms with Crippen molar-refractivity contribution >= 4 is 91.6 Å². The lowest BCUT2D eigenvalue weighted by atomic mass is 9.34. The van der Waals surface area contributed by atoms with E-state index < -0.39 is 0 Å². The van der Waals surface area contributed by atoms with E-state index >= 15 is 0 Å². The zero-order valence-electron chi connectivity index (χ0n) is 35.4. The predicted molar refractivity (Wildman–Crippen MR) is 256 cm³/mol. The maximum atomic E-state index is 5.09. The van der Waals surface area contributed by atoms with Gasteiger partial charge in [-0.05, 0) is 93.8 Å². The molecule has 0 aliphatic rings. The second-order valence-electron chi connectivity index (χ2n) is 16.6. The first-order valence-corrected chi connectivity index (χ1v) is 22.4. The Kier molecular flexibility index (Phi) is 10.6. The fourth-order valence-electron chi connectivity index (χ4n) is 10.3. The molecule has 3 heterocycles. The first-order valence-electron chi connectivity index (χ1n) is 19.9. The first-order chi connectivity index (χ1) is 27.2. The van der Waals surface area contributed by atoms with Crippen molar-refractivity contribution in [2.75, 3.05) is 0 Å². The minimum Gasteiger partial charge on any atom is -0.172 e. The number of hydrogen-bond donors (Lipinski definition) is 0. The Balaban J connectivity index is 1.33. The Bertz CT molecular complexity index is 2460. The zero-order valence-corrected chi connectivity index (χ0v) is 37.8. The Morgan fingerprint density at radius 1 is 0.368 bits per heavy atom. The molecule has 0 saturated heterocycles. The van der Waals surface area contributed by atoms with Crippen molar-refractivity contribution in [1.29, 1.82) is 0 Å². The molecule has 0 fully saturated rings. The number of aromatic nitrogens is 2. The van der Waals surface area contributed by atoms with Gasteiger partial charge in [0.1, 0.15) is 11.0 Å². The van der Waals surface area contributed by atoms with Crippen molar-refractivity contribution < 1.29 is 0 Å². The van der Waals surface area contributed by atoms with E-state index in [-0.39, 0.29) is 13.4 Å². The van der Waals surface area contributed by atoms with Crippen LogP contribution in [-0.4, -0.2) is 22.2 Å². The van der Waals surface area contributed by atoms with E-state index in [4.69, 9.17) is 8.75 Å². The Labute approximate surface area is 352 Å². The molecule has 0 bridgehead atoms. The van der Waals surface area contributed by atoms with Crippen LogP contribution in [0.15, 0.2) is 83.6 Å². The van der Waals surface area contributed by atoms with E-state index in [0.717, 1.165) is 22.2 Å². The highest BCUT2D eigenvalue weighted by molar-refractivity contribution is 7.18. The largest absolute Gasteiger partial charge is 0.244 e. The maximum absolute atomic E-state index is 5.09. The van der Waals surface area contributed by atoms with Gasteiger partial charge in [-0.1, -0.05) is 172 Å². The first kappa shape index (κ1) is 39.3. The average molecular weight is 797 g/mol. The molecule has 0 spiro atoms. The molecule has 0 N–H and O–H groups in total. The monoisotopic (exact) mass is 796 g/mol. The molecule has 5 aromatic carbocycles. The van der Waals surface area contributed by atoms with Crippen LogP contribution in [0.4, 0.5) is 0 Å². The van der Waals surface area contributed by atoms with E-state index in [1.165, 1.54) is 121 Å². The highest BCUT2D eigenvalue weighted by Gasteiger charge is 2.34. The lowest BCUT2D eigenvalue weighted by Crippen LogP contribution is -2.56. The van der Waals surface area contributed by atoms with Gasteiger partial charge >= 0.3 is 0 Å². The number of nitrogens with zero attached hydrogens (tertiary/aromatic N) is 2. The standard InChI is InChI=1S/C50H50B2N2S3/c1-27-19-31(5)43(32(6)20-27)51(44-33(7)21-28(2)22-34(44)8)41-15-17-55-49(41)39-13-14-40(48-47(39)53-57-54-48)50-42(16-18-56-50)52(45-35(9)23-29(3)24-36(45)10)46-37(11)25-30(4)26-38(46)12/h13-26H,1-12H3. The third kappa shape index (κ3) is 6.96. The highest BCUT2D eigenvalue weighted by Crippen LogP contribution is 2.37. The molecule has 0 aliphatic heterocycles. The fraction of sp³-hybridized carbons (Fsp3) is 0.240. The molecule has 0 saturated carbocycles. The summed E-state index contributed by atoms with van der Waals surface area (Å²) in [6, 6.07) is 28.2. The van der Waals surface area contributed by atoms with Gasteiger partial charge in [-0.25, -0.2) is 0 Å². The predicted octanol–water partition coefficient (Wildman–Crippen LogP) is 9.88. The lowest BCUT2D eigenvalue weighted by Gasteiger charge is -2.25. The minimum absolute atomic E-state index is 0.0837. The fourth-order valence-corrected chi connectivity index (χ4v) is 12.8. The molecule has 0 atom stereocenters. The molecule has 57 heavy (non-hydrogen) atoms. The summed E-state index contributed by atoms with van der Waals surface area (Å²) in [4.78, 5) is 2.54. The van der Waals surface area contributed by atoms with Crippen LogP contribution in [0.25, 0.3) is 31.9 Å². The quantitative estimate of drug-likeness (QED) is 0.143. The van der Waals surface area contributed by atoms with Gasteiger partial charge < -0.3 is 0 Å². The average Bonchev–Trinajstić information content (AvgIpc) is 3.90. The molecule has 0 amide bonds. The van der Waals surface area contributed by atoms with Crippen molar-refractivity contribution in [3.05, 3.63) is 150 Å². The molecule has 3 aromatic heterocycles. The molecule has 284 valence electrons. The second kappa shape index (κ2) is 15.3. The summed E-state index contributed by atoms with van der Waals surface area (Å²) in [5, 5.41) is 4.55. The molecular formula is C50H50B2N2S3. The van der Waals surface area contributed by atoms with Crippen LogP contribution in [0.5, 0.6) is 0 Å². The Morgan fingerprint density at radius 3 is 0.895 bits per heavy atom. The number of benzene rings is 5. The van der Waals surface area contributed by atoms with Crippen LogP contribution in [0.2, 0.25) is 0 Å². The van der Waals surface area contributed by atoms with Crippen LogP contribution < -0.4 is 32.8 Å². The molecule has 8 rings (SSSR count). The van der Waals surface area contributed by atoms with Crippen LogP contribution >= 0.6 is 34.4 Å². The van der Waals surface area contributed by atoms with Gasteiger partial charge in [0.15, 0.2) is 0 Å². The van der Waals surface area contributed by atoms with E-state index in [0.29, 0.717) is 0 Å². The Hall–Kier alpha value is -4.55. The van der Waals surface area contributed by atoms with E-state index in [1.807, 2.05) is 22.7 Å². The van der Waals surface area contributed by atoms with Crippen molar-refractivity contribution in [2.45, 2.75) is 83.1 Å². The number of fused-ring (bicyclic) bond motifs is 1. The molecule has 8 aromatic rings. The number of rotatable bonds is 8. The van der Waals surface area contributed by atoms with E-state index in [2.05, 4.69) is 167 Å². The van der Waals surface area contributed by atoms with E-state index in [9.17, 15) is 0 Å². The number of thiophene rings is 2. The lowest BCUT2D eigenvalue weighted by molar-refractivity contribution is 1.34. The normalized spacial score (nSPS) is 11.5. The third-order valence-electron chi connectivity index (χ3n) is 12.0. The van der Waals surface area contributed by atoms with Crippen molar-refractivity contribution in [2.24, 2.45) is 0 Å². The van der Waals surface area contributed by atoms with Crippen LogP contribution in [0, 0.1) is 83.1 Å². The van der Waals surface area contributed by atoms with Gasteiger partial charge in [0.25, 0.3) is 0 Å². The van der Waals surface area contributed by atoms with Crippen molar-refractivity contribution in [3.8, 4) is 20.9 Å². The van der Waals surface area contributed by atoms with Gasteiger partial charge in [0, 0.05) is 20.9 Å². The zero-order chi connectivity index (χ0) is 40.4. The molecule has 0 unspecified atom stereocenters. The molecular weight excluding hydrogens is 746 g/mol. The smallest absolute Gasteiger partial charge is 0.172 e. The van der Waals surface area contributed by atoms with Gasteiger partial charge in [-0.2, -0.15) is 8.75 Å². The summed E-state index contributed by atoms with van der Waals surface area (Å²) in [5.41, 5.74) is 28.4. The van der Waals surface area contributed by atoms with Gasteiger partial charge in [0.2, 0.25) is 13.4 Å². The van der Waals surface area contributed by atoms with Crippen LogP contribution in [0.1, 0.15) is 66.8 Å². The second-order valence-corrected chi connectivity index (χ2v) is 19.0. The summed E-state index contributed by atoms with van der Waals surface area (Å²) < 4.78 is 10.2. The number of hydrogen-bond acceptors (Lipinski definition) is 5. The van der Waals surface area contributed by atoms with Crippen molar-refractivity contribution in [3.63, 3.8) is 0 Å². The topological polar surface area (TPSA) is 25.8 Å². The summed E-state index contributed by atoms with van der Waals surface area (Å²) in [5.74, 6) is 0. The summed E-state index contributed by atoms with van der Waals surface area (Å²) in [6.07, 6.45) is 0. The van der Waals surface area contributed by atoms with Gasteiger partial charge in [-0.15, -0.1) is 22.7 Å². The van der Waals surface area contributed by atoms with E-state index in [1.54, 1.807) is 0 Å². The Morgan fingerprint density at radius 2 is 0.632 bits per heavy atom. The third-order valence-corrected chi connectivity index (χ3v) is 14.5. The summed E-state index contributed by atoms with van der Waals surface area (Å²) in [7, 11) is 0. The van der Waals surface area contributed by atoms with Crippen molar-refractivity contribution in [1.82, 2.24) is 8.75 Å². The van der Waals surface area contributed by atoms with Crippen LogP contribution in [0.3, 0.4) is 0 Å². The molecule has 0 aliphatic carbocycles. The van der Waals surface area contributed by atoms with Gasteiger partial charge in [0.05, 0.1) is 11.7 Å². The highest BCUT2D eigenvalue weighted by atomic mass is 32.1. The summed E-state index contributed by atoms with van der Waals surface area (Å²) in [6.45, 7) is 27.3. The SMILES string of the molecule is Cc1cc(C)c(B(c2ccsc2-c2ccc(-c3sccc3B(c3c(C)cc(C)cc3C)c3c(C)cc(C)cc3C)c3nsnc23)c2c(C)cc(C)cc2C)c(C)c1. The molecule has 2 nitrogen and oxygen atoms in total.